The summed E-state index contributed by atoms with van der Waals surface area (Å²) >= 11 is 0. The number of ketones is 1. The average molecular weight is 595 g/mol. The molecule has 2 aromatic carbocycles. The number of carbonyl (C=O) groups is 3. The van der Waals surface area contributed by atoms with Crippen LogP contribution in [0.4, 0.5) is 5.69 Å². The van der Waals surface area contributed by atoms with Crippen LogP contribution in [0.1, 0.15) is 50.2 Å². The molecule has 1 atom stereocenters. The molecule has 1 spiro atoms. The lowest BCUT2D eigenvalue weighted by atomic mass is 9.82. The highest BCUT2D eigenvalue weighted by Crippen LogP contribution is 2.53. The van der Waals surface area contributed by atoms with Crippen molar-refractivity contribution in [2.75, 3.05) is 51.7 Å². The normalized spacial score (nSPS) is 22.5. The highest BCUT2D eigenvalue weighted by atomic mass is 32.2. The predicted octanol–water partition coefficient (Wildman–Crippen LogP) is 3.15. The van der Waals surface area contributed by atoms with Gasteiger partial charge < -0.3 is 19.8 Å². The Morgan fingerprint density at radius 3 is 2.38 bits per heavy atom. The fourth-order valence-electron chi connectivity index (χ4n) is 6.36. The van der Waals surface area contributed by atoms with E-state index in [0.717, 1.165) is 19.3 Å². The van der Waals surface area contributed by atoms with Crippen LogP contribution < -0.4 is 4.90 Å². The van der Waals surface area contributed by atoms with Crippen molar-refractivity contribution in [3.63, 3.8) is 0 Å². The molecule has 0 aliphatic carbocycles. The summed E-state index contributed by atoms with van der Waals surface area (Å²) in [7, 11) is -0.0491. The van der Waals surface area contributed by atoms with Gasteiger partial charge in [0.1, 0.15) is 5.76 Å². The molecule has 2 amide bonds. The number of piperidine rings is 1. The number of amides is 2. The SMILES string of the molecule is CCCN1C(=O)C2(C(=C(O)c3cccc(S(=O)(=O)N4CCCCC4)c3)C(=O)C(=O)N2CCCN(C)C)c2ccccc21. The van der Waals surface area contributed by atoms with Gasteiger partial charge in [-0.1, -0.05) is 43.7 Å². The first kappa shape index (κ1) is 29.9. The maximum Gasteiger partial charge on any atom is 0.296 e. The zero-order valence-corrected chi connectivity index (χ0v) is 25.2. The summed E-state index contributed by atoms with van der Waals surface area (Å²) in [5, 5.41) is 11.8. The molecule has 2 saturated heterocycles. The largest absolute Gasteiger partial charge is 0.507 e. The molecule has 2 fully saturated rings. The van der Waals surface area contributed by atoms with E-state index in [4.69, 9.17) is 0 Å². The second-order valence-corrected chi connectivity index (χ2v) is 13.3. The van der Waals surface area contributed by atoms with Gasteiger partial charge in [0.2, 0.25) is 10.0 Å². The minimum atomic E-state index is -3.84. The van der Waals surface area contributed by atoms with Crippen molar-refractivity contribution in [3.8, 4) is 0 Å². The molecule has 0 bridgehead atoms. The van der Waals surface area contributed by atoms with Gasteiger partial charge in [-0.2, -0.15) is 4.31 Å². The predicted molar refractivity (Wildman–Crippen MR) is 159 cm³/mol. The Hall–Kier alpha value is -3.54. The van der Waals surface area contributed by atoms with Crippen molar-refractivity contribution in [1.29, 1.82) is 0 Å². The van der Waals surface area contributed by atoms with E-state index in [1.165, 1.54) is 33.5 Å². The lowest BCUT2D eigenvalue weighted by Gasteiger charge is -2.34. The molecular formula is C31H38N4O6S. The Morgan fingerprint density at radius 2 is 1.69 bits per heavy atom. The minimum Gasteiger partial charge on any atom is -0.507 e. The molecule has 3 aliphatic rings. The zero-order chi connectivity index (χ0) is 30.2. The number of aliphatic hydroxyl groups is 1. The van der Waals surface area contributed by atoms with Gasteiger partial charge in [-0.15, -0.1) is 0 Å². The van der Waals surface area contributed by atoms with E-state index in [2.05, 4.69) is 0 Å². The molecule has 0 aromatic heterocycles. The van der Waals surface area contributed by atoms with Gasteiger partial charge in [-0.3, -0.25) is 14.4 Å². The van der Waals surface area contributed by atoms with E-state index in [9.17, 15) is 27.9 Å². The molecule has 3 aliphatic heterocycles. The van der Waals surface area contributed by atoms with Gasteiger partial charge in [0.25, 0.3) is 17.6 Å². The van der Waals surface area contributed by atoms with Crippen LogP contribution in [-0.2, 0) is 29.9 Å². The number of nitrogens with zero attached hydrogens (tertiary/aromatic N) is 4. The first-order valence-corrected chi connectivity index (χ1v) is 16.0. The molecule has 42 heavy (non-hydrogen) atoms. The second-order valence-electron chi connectivity index (χ2n) is 11.3. The molecule has 224 valence electrons. The maximum absolute atomic E-state index is 14.5. The van der Waals surface area contributed by atoms with Crippen LogP contribution in [0.5, 0.6) is 0 Å². The monoisotopic (exact) mass is 594 g/mol. The zero-order valence-electron chi connectivity index (χ0n) is 24.4. The van der Waals surface area contributed by atoms with Crippen molar-refractivity contribution in [2.24, 2.45) is 0 Å². The quantitative estimate of drug-likeness (QED) is 0.269. The number of aliphatic hydroxyl groups excluding tert-OH is 1. The van der Waals surface area contributed by atoms with E-state index >= 15 is 0 Å². The molecule has 0 radical (unpaired) electrons. The topological polar surface area (TPSA) is 119 Å². The van der Waals surface area contributed by atoms with E-state index in [-0.39, 0.29) is 22.6 Å². The Labute approximate surface area is 247 Å². The van der Waals surface area contributed by atoms with Gasteiger partial charge in [0, 0.05) is 37.3 Å². The van der Waals surface area contributed by atoms with Crippen molar-refractivity contribution in [2.45, 2.75) is 49.5 Å². The van der Waals surface area contributed by atoms with Crippen LogP contribution >= 0.6 is 0 Å². The number of sulfonamides is 1. The minimum absolute atomic E-state index is 0.0199. The number of Topliss-reactive ketones (excluding diaryl/α,β-unsaturated/α-hetero) is 1. The molecule has 5 rings (SSSR count). The van der Waals surface area contributed by atoms with Crippen molar-refractivity contribution < 1.29 is 27.9 Å². The van der Waals surface area contributed by atoms with E-state index in [1.807, 2.05) is 25.9 Å². The number of benzene rings is 2. The van der Waals surface area contributed by atoms with Crippen LogP contribution in [0.15, 0.2) is 59.0 Å². The number of hydrogen-bond donors (Lipinski definition) is 1. The summed E-state index contributed by atoms with van der Waals surface area (Å²) in [5.74, 6) is -2.88. The number of hydrogen-bond acceptors (Lipinski definition) is 7. The highest BCUT2D eigenvalue weighted by molar-refractivity contribution is 7.89. The highest BCUT2D eigenvalue weighted by Gasteiger charge is 2.66. The summed E-state index contributed by atoms with van der Waals surface area (Å²) in [4.78, 5) is 46.8. The molecule has 1 unspecified atom stereocenters. The summed E-state index contributed by atoms with van der Waals surface area (Å²) in [5.41, 5.74) is -1.11. The molecule has 3 heterocycles. The van der Waals surface area contributed by atoms with E-state index in [0.29, 0.717) is 50.3 Å². The lowest BCUT2D eigenvalue weighted by molar-refractivity contribution is -0.143. The third kappa shape index (κ3) is 4.73. The summed E-state index contributed by atoms with van der Waals surface area (Å²) < 4.78 is 28.3. The van der Waals surface area contributed by atoms with Crippen molar-refractivity contribution in [3.05, 3.63) is 65.2 Å². The average Bonchev–Trinajstić information content (AvgIpc) is 3.36. The number of carbonyl (C=O) groups excluding carboxylic acids is 3. The van der Waals surface area contributed by atoms with E-state index < -0.39 is 38.9 Å². The summed E-state index contributed by atoms with van der Waals surface area (Å²) in [6, 6.07) is 12.8. The van der Waals surface area contributed by atoms with Crippen LogP contribution in [0, 0.1) is 0 Å². The third-order valence-corrected chi connectivity index (χ3v) is 10.2. The number of rotatable bonds is 9. The Balaban J connectivity index is 1.70. The Bertz CT molecular complexity index is 1550. The molecular weight excluding hydrogens is 556 g/mol. The standard InChI is InChI=1S/C31H38N4O6S/c1-4-16-34-25-15-7-6-14-24(25)31(30(34)39)26(28(37)29(38)35(31)20-11-17-32(2)3)27(36)22-12-10-13-23(21-22)42(40,41)33-18-8-5-9-19-33/h6-7,10,12-15,21,36H,4-5,8-9,11,16-20H2,1-3H3. The van der Waals surface area contributed by atoms with Crippen molar-refractivity contribution in [1.82, 2.24) is 14.1 Å². The first-order chi connectivity index (χ1) is 20.1. The second kappa shape index (κ2) is 11.6. The molecule has 1 N–H and O–H groups in total. The third-order valence-electron chi connectivity index (χ3n) is 8.30. The molecule has 2 aromatic rings. The van der Waals surface area contributed by atoms with Gasteiger partial charge in [-0.05, 0) is 64.5 Å². The molecule has 11 heteroatoms. The smallest absolute Gasteiger partial charge is 0.296 e. The lowest BCUT2D eigenvalue weighted by Crippen LogP contribution is -2.52. The Morgan fingerprint density at radius 1 is 0.976 bits per heavy atom. The van der Waals surface area contributed by atoms with Gasteiger partial charge in [0.15, 0.2) is 5.54 Å². The Kier molecular flexibility index (Phi) is 8.28. The number of anilines is 1. The fraction of sp³-hybridized carbons (Fsp3) is 0.452. The number of para-hydroxylation sites is 1. The van der Waals surface area contributed by atoms with E-state index in [1.54, 1.807) is 29.2 Å². The van der Waals surface area contributed by atoms with Crippen LogP contribution in [0.25, 0.3) is 5.76 Å². The van der Waals surface area contributed by atoms with Crippen molar-refractivity contribution >= 4 is 39.1 Å². The van der Waals surface area contributed by atoms with Gasteiger partial charge >= 0.3 is 0 Å². The van der Waals surface area contributed by atoms with Gasteiger partial charge in [-0.25, -0.2) is 8.42 Å². The number of fused-ring (bicyclic) bond motifs is 2. The molecule has 0 saturated carbocycles. The van der Waals surface area contributed by atoms with Crippen LogP contribution in [0.2, 0.25) is 0 Å². The number of likely N-dealkylation sites (tertiary alicyclic amines) is 1. The summed E-state index contributed by atoms with van der Waals surface area (Å²) in [6.07, 6.45) is 3.64. The summed E-state index contributed by atoms with van der Waals surface area (Å²) in [6.45, 7) is 3.85. The fourth-order valence-corrected chi connectivity index (χ4v) is 7.92. The van der Waals surface area contributed by atoms with Crippen LogP contribution in [0.3, 0.4) is 0 Å². The maximum atomic E-state index is 14.5. The first-order valence-electron chi connectivity index (χ1n) is 14.5. The molecule has 10 nitrogen and oxygen atoms in total. The van der Waals surface area contributed by atoms with Gasteiger partial charge in [0.05, 0.1) is 16.2 Å². The van der Waals surface area contributed by atoms with Crippen LogP contribution in [-0.4, -0.2) is 92.0 Å².